The lowest BCUT2D eigenvalue weighted by molar-refractivity contribution is -0.112. The van der Waals surface area contributed by atoms with E-state index in [0.717, 1.165) is 11.1 Å². The van der Waals surface area contributed by atoms with E-state index in [1.807, 2.05) is 26.0 Å². The molecule has 1 fully saturated rings. The number of ketones is 1. The van der Waals surface area contributed by atoms with Gasteiger partial charge in [-0.3, -0.25) is 9.79 Å². The van der Waals surface area contributed by atoms with Gasteiger partial charge >= 0.3 is 0 Å². The van der Waals surface area contributed by atoms with Crippen LogP contribution in [0.15, 0.2) is 46.4 Å². The van der Waals surface area contributed by atoms with Crippen molar-refractivity contribution in [3.8, 4) is 0 Å². The van der Waals surface area contributed by atoms with Crippen molar-refractivity contribution >= 4 is 45.7 Å². The highest BCUT2D eigenvalue weighted by Crippen LogP contribution is 2.23. The molecule has 0 aliphatic heterocycles. The average Bonchev–Trinajstić information content (AvgIpc) is 2.58. The van der Waals surface area contributed by atoms with Gasteiger partial charge in [-0.2, -0.15) is 0 Å². The number of hydrogen-bond donors (Lipinski definition) is 3. The number of nitrogens with zero attached hydrogens (tertiary/aromatic N) is 2. The molecule has 1 aliphatic carbocycles. The zero-order valence-corrected chi connectivity index (χ0v) is 14.8. The number of nitrogens with two attached hydrogens (primary N) is 2. The Labute approximate surface area is 152 Å². The molecule has 0 bridgehead atoms. The summed E-state index contributed by atoms with van der Waals surface area (Å²) in [5, 5.41) is 8.11. The summed E-state index contributed by atoms with van der Waals surface area (Å²) in [6, 6.07) is 10.9. The van der Waals surface area contributed by atoms with Crippen LogP contribution >= 0.6 is 0 Å². The summed E-state index contributed by atoms with van der Waals surface area (Å²) in [6.07, 6.45) is 0.254. The number of nitrogens with one attached hydrogen (secondary N) is 1. The van der Waals surface area contributed by atoms with Gasteiger partial charge in [0.1, 0.15) is 0 Å². The van der Waals surface area contributed by atoms with Gasteiger partial charge in [0.05, 0.1) is 34.9 Å². The summed E-state index contributed by atoms with van der Waals surface area (Å²) in [7, 11) is 0. The highest BCUT2D eigenvalue weighted by Gasteiger charge is 2.26. The largest absolute Gasteiger partial charge is 0.399 e. The summed E-state index contributed by atoms with van der Waals surface area (Å²) in [5.74, 6) is -0.142. The molecule has 6 heteroatoms. The first-order valence-corrected chi connectivity index (χ1v) is 8.32. The Morgan fingerprint density at radius 3 is 1.85 bits per heavy atom. The minimum atomic E-state index is -0.142. The van der Waals surface area contributed by atoms with E-state index < -0.39 is 0 Å². The van der Waals surface area contributed by atoms with Crippen LogP contribution in [0.25, 0.3) is 0 Å². The van der Waals surface area contributed by atoms with E-state index in [4.69, 9.17) is 16.9 Å². The second-order valence-electron chi connectivity index (χ2n) is 6.45. The van der Waals surface area contributed by atoms with Crippen LogP contribution in [0.5, 0.6) is 0 Å². The monoisotopic (exact) mass is 347 g/mol. The van der Waals surface area contributed by atoms with Gasteiger partial charge in [-0.15, -0.1) is 0 Å². The molecule has 2 aromatic carbocycles. The van der Waals surface area contributed by atoms with Gasteiger partial charge in [-0.1, -0.05) is 0 Å². The molecule has 26 heavy (non-hydrogen) atoms. The van der Waals surface area contributed by atoms with Crippen molar-refractivity contribution in [1.82, 2.24) is 0 Å². The molecule has 0 atom stereocenters. The standard InChI is InChI=1S/C20H21N5O/c1-11-7-13(3-5-15(11)21)24-18-10-19(20(26)9-17(18)23)25-14-4-6-16(22)12(2)8-14/h3-8,23H,9-10,21-22H2,1-2H3. The van der Waals surface area contributed by atoms with Gasteiger partial charge in [0, 0.05) is 17.8 Å². The molecule has 0 radical (unpaired) electrons. The quantitative estimate of drug-likeness (QED) is 0.719. The Morgan fingerprint density at radius 2 is 1.35 bits per heavy atom. The molecule has 0 heterocycles. The smallest absolute Gasteiger partial charge is 0.183 e. The molecule has 0 saturated heterocycles. The number of hydrogen-bond acceptors (Lipinski definition) is 6. The molecule has 0 aromatic heterocycles. The predicted octanol–water partition coefficient (Wildman–Crippen LogP) is 3.70. The molecule has 132 valence electrons. The molecule has 0 unspecified atom stereocenters. The molecule has 1 aliphatic rings. The fraction of sp³-hybridized carbons (Fsp3) is 0.200. The highest BCUT2D eigenvalue weighted by atomic mass is 16.1. The summed E-state index contributed by atoms with van der Waals surface area (Å²) < 4.78 is 0. The molecule has 3 rings (SSSR count). The van der Waals surface area contributed by atoms with Crippen LogP contribution in [-0.2, 0) is 4.79 Å². The number of aliphatic imine (C=N–C) groups is 2. The lowest BCUT2D eigenvalue weighted by atomic mass is 9.93. The minimum absolute atomic E-state index is 0.0135. The van der Waals surface area contributed by atoms with Gasteiger partial charge in [0.25, 0.3) is 0 Å². The second-order valence-corrected chi connectivity index (χ2v) is 6.45. The van der Waals surface area contributed by atoms with Crippen molar-refractivity contribution in [2.75, 3.05) is 11.5 Å². The van der Waals surface area contributed by atoms with Crippen molar-refractivity contribution in [3.05, 3.63) is 47.5 Å². The van der Waals surface area contributed by atoms with Crippen LogP contribution in [0.3, 0.4) is 0 Å². The van der Waals surface area contributed by atoms with E-state index in [1.54, 1.807) is 24.3 Å². The van der Waals surface area contributed by atoms with E-state index in [9.17, 15) is 4.79 Å². The lowest BCUT2D eigenvalue weighted by Crippen LogP contribution is -2.32. The first kappa shape index (κ1) is 17.5. The van der Waals surface area contributed by atoms with Crippen LogP contribution in [0.4, 0.5) is 22.7 Å². The Kier molecular flexibility index (Phi) is 4.67. The van der Waals surface area contributed by atoms with Gasteiger partial charge in [-0.25, -0.2) is 4.99 Å². The van der Waals surface area contributed by atoms with E-state index in [-0.39, 0.29) is 24.3 Å². The normalized spacial score (nSPS) is 17.9. The van der Waals surface area contributed by atoms with Gasteiger partial charge in [-0.05, 0) is 61.4 Å². The number of anilines is 2. The maximum Gasteiger partial charge on any atom is 0.183 e. The fourth-order valence-electron chi connectivity index (χ4n) is 2.71. The number of carbonyl (C=O) groups is 1. The zero-order chi connectivity index (χ0) is 18.8. The third-order valence-corrected chi connectivity index (χ3v) is 4.38. The third kappa shape index (κ3) is 3.69. The number of benzene rings is 2. The Hall–Kier alpha value is -3.28. The highest BCUT2D eigenvalue weighted by molar-refractivity contribution is 6.61. The number of carbonyl (C=O) groups excluding carboxylic acids is 1. The number of aryl methyl sites for hydroxylation is 2. The van der Waals surface area contributed by atoms with Crippen molar-refractivity contribution in [2.45, 2.75) is 26.7 Å². The molecular formula is C20H21N5O. The van der Waals surface area contributed by atoms with Crippen LogP contribution in [-0.4, -0.2) is 22.9 Å². The summed E-state index contributed by atoms with van der Waals surface area (Å²) in [6.45, 7) is 3.80. The molecule has 1 saturated carbocycles. The molecule has 0 amide bonds. The molecule has 5 N–H and O–H groups in total. The topological polar surface area (TPSA) is 118 Å². The second kappa shape index (κ2) is 6.92. The summed E-state index contributed by atoms with van der Waals surface area (Å²) in [5.41, 5.74) is 17.5. The maximum atomic E-state index is 12.3. The maximum absolute atomic E-state index is 12.3. The Morgan fingerprint density at radius 1 is 0.846 bits per heavy atom. The van der Waals surface area contributed by atoms with Crippen molar-refractivity contribution in [1.29, 1.82) is 5.41 Å². The van der Waals surface area contributed by atoms with E-state index in [1.165, 1.54) is 0 Å². The SMILES string of the molecule is Cc1cc(N=C2CC(=Nc3ccc(N)c(C)c3)C(=O)CC2=N)ccc1N. The van der Waals surface area contributed by atoms with Crippen molar-refractivity contribution in [2.24, 2.45) is 9.98 Å². The first-order valence-electron chi connectivity index (χ1n) is 8.32. The zero-order valence-electron chi connectivity index (χ0n) is 14.8. The Bertz CT molecular complexity index is 895. The van der Waals surface area contributed by atoms with E-state index in [0.29, 0.717) is 34.2 Å². The molecule has 6 nitrogen and oxygen atoms in total. The third-order valence-electron chi connectivity index (χ3n) is 4.38. The predicted molar refractivity (Wildman–Crippen MR) is 107 cm³/mol. The van der Waals surface area contributed by atoms with E-state index >= 15 is 0 Å². The van der Waals surface area contributed by atoms with Gasteiger partial charge < -0.3 is 16.9 Å². The van der Waals surface area contributed by atoms with Gasteiger partial charge in [0.2, 0.25) is 0 Å². The average molecular weight is 347 g/mol. The molecule has 2 aromatic rings. The van der Waals surface area contributed by atoms with Crippen LogP contribution in [0, 0.1) is 19.3 Å². The Balaban J connectivity index is 1.93. The summed E-state index contributed by atoms with van der Waals surface area (Å²) in [4.78, 5) is 21.3. The summed E-state index contributed by atoms with van der Waals surface area (Å²) >= 11 is 0. The van der Waals surface area contributed by atoms with Crippen molar-refractivity contribution in [3.63, 3.8) is 0 Å². The number of nitrogen functional groups attached to an aromatic ring is 2. The van der Waals surface area contributed by atoms with E-state index in [2.05, 4.69) is 9.98 Å². The molecular weight excluding hydrogens is 326 g/mol. The fourth-order valence-corrected chi connectivity index (χ4v) is 2.71. The number of Topliss-reactive ketones (excluding diaryl/α,β-unsaturated/α-hetero) is 1. The van der Waals surface area contributed by atoms with Gasteiger partial charge in [0.15, 0.2) is 5.78 Å². The molecule has 0 spiro atoms. The first-order chi connectivity index (χ1) is 12.3. The van der Waals surface area contributed by atoms with Crippen LogP contribution in [0.2, 0.25) is 0 Å². The van der Waals surface area contributed by atoms with Crippen LogP contribution < -0.4 is 11.5 Å². The minimum Gasteiger partial charge on any atom is -0.399 e. The van der Waals surface area contributed by atoms with Crippen LogP contribution in [0.1, 0.15) is 24.0 Å². The van der Waals surface area contributed by atoms with Crippen molar-refractivity contribution < 1.29 is 4.79 Å². The number of rotatable bonds is 2. The lowest BCUT2D eigenvalue weighted by Gasteiger charge is -2.16.